The fraction of sp³-hybridized carbons (Fsp3) is 0.263. The van der Waals surface area contributed by atoms with Gasteiger partial charge in [-0.3, -0.25) is 9.59 Å². The maximum atomic E-state index is 13.0. The van der Waals surface area contributed by atoms with Crippen molar-refractivity contribution in [3.63, 3.8) is 0 Å². The molecular formula is C19H20FNO3. The van der Waals surface area contributed by atoms with Gasteiger partial charge < -0.3 is 9.64 Å². The summed E-state index contributed by atoms with van der Waals surface area (Å²) in [5.74, 6) is -0.885. The number of hydrogen-bond donors (Lipinski definition) is 0. The molecule has 2 aromatic carbocycles. The minimum atomic E-state index is -0.379. The molecule has 0 aliphatic carbocycles. The van der Waals surface area contributed by atoms with E-state index in [0.29, 0.717) is 12.1 Å². The van der Waals surface area contributed by atoms with Crippen molar-refractivity contribution in [3.8, 4) is 0 Å². The molecule has 0 unspecified atom stereocenters. The van der Waals surface area contributed by atoms with Crippen molar-refractivity contribution in [2.45, 2.75) is 19.9 Å². The Balaban J connectivity index is 2.17. The Bertz CT molecular complexity index is 696. The van der Waals surface area contributed by atoms with Gasteiger partial charge in [0.2, 0.25) is 0 Å². The van der Waals surface area contributed by atoms with E-state index in [1.54, 1.807) is 29.2 Å². The Labute approximate surface area is 140 Å². The maximum absolute atomic E-state index is 13.0. The zero-order valence-corrected chi connectivity index (χ0v) is 13.8. The lowest BCUT2D eigenvalue weighted by atomic mass is 10.1. The monoisotopic (exact) mass is 329 g/mol. The summed E-state index contributed by atoms with van der Waals surface area (Å²) in [6, 6.07) is 13.2. The highest BCUT2D eigenvalue weighted by Crippen LogP contribution is 2.13. The number of carbonyl (C=O) groups excluding carboxylic acids is 2. The minimum Gasteiger partial charge on any atom is -0.469 e. The Kier molecular flexibility index (Phi) is 6.07. The van der Waals surface area contributed by atoms with Crippen LogP contribution in [-0.2, 0) is 16.1 Å². The van der Waals surface area contributed by atoms with Gasteiger partial charge in [-0.15, -0.1) is 0 Å². The van der Waals surface area contributed by atoms with Crippen LogP contribution in [0.15, 0.2) is 48.5 Å². The van der Waals surface area contributed by atoms with Crippen LogP contribution in [0.3, 0.4) is 0 Å². The number of nitrogens with zero attached hydrogens (tertiary/aromatic N) is 1. The predicted molar refractivity (Wildman–Crippen MR) is 89.0 cm³/mol. The molecule has 24 heavy (non-hydrogen) atoms. The summed E-state index contributed by atoms with van der Waals surface area (Å²) in [6.07, 6.45) is 0.106. The maximum Gasteiger partial charge on any atom is 0.307 e. The number of carbonyl (C=O) groups is 2. The van der Waals surface area contributed by atoms with E-state index in [4.69, 9.17) is 0 Å². The summed E-state index contributed by atoms with van der Waals surface area (Å²) in [5, 5.41) is 0. The molecule has 0 saturated carbocycles. The second-order valence-electron chi connectivity index (χ2n) is 5.55. The van der Waals surface area contributed by atoms with E-state index >= 15 is 0 Å². The third-order valence-electron chi connectivity index (χ3n) is 3.69. The quantitative estimate of drug-likeness (QED) is 0.764. The van der Waals surface area contributed by atoms with Gasteiger partial charge in [-0.05, 0) is 36.8 Å². The molecule has 0 fully saturated rings. The molecule has 2 rings (SSSR count). The van der Waals surface area contributed by atoms with Crippen LogP contribution in [0.4, 0.5) is 4.39 Å². The largest absolute Gasteiger partial charge is 0.469 e. The van der Waals surface area contributed by atoms with E-state index < -0.39 is 0 Å². The van der Waals surface area contributed by atoms with E-state index in [1.165, 1.54) is 19.2 Å². The van der Waals surface area contributed by atoms with Gasteiger partial charge in [-0.2, -0.15) is 0 Å². The number of halogens is 1. The topological polar surface area (TPSA) is 46.6 Å². The van der Waals surface area contributed by atoms with Gasteiger partial charge in [0, 0.05) is 18.7 Å². The predicted octanol–water partition coefficient (Wildman–Crippen LogP) is 3.34. The molecule has 0 bridgehead atoms. The first kappa shape index (κ1) is 17.7. The Morgan fingerprint density at radius 2 is 1.67 bits per heavy atom. The first-order valence-electron chi connectivity index (χ1n) is 7.67. The Morgan fingerprint density at radius 1 is 1.04 bits per heavy atom. The van der Waals surface area contributed by atoms with Crippen LogP contribution < -0.4 is 0 Å². The third-order valence-corrected chi connectivity index (χ3v) is 3.69. The van der Waals surface area contributed by atoms with E-state index in [0.717, 1.165) is 11.1 Å². The van der Waals surface area contributed by atoms with Crippen molar-refractivity contribution in [2.75, 3.05) is 13.7 Å². The molecule has 1 amide bonds. The van der Waals surface area contributed by atoms with Gasteiger partial charge in [0.1, 0.15) is 5.82 Å². The molecule has 0 spiro atoms. The van der Waals surface area contributed by atoms with Crippen LogP contribution >= 0.6 is 0 Å². The summed E-state index contributed by atoms with van der Waals surface area (Å²) in [6.45, 7) is 2.47. The highest BCUT2D eigenvalue weighted by molar-refractivity contribution is 5.94. The van der Waals surface area contributed by atoms with Crippen molar-refractivity contribution in [2.24, 2.45) is 0 Å². The number of aryl methyl sites for hydroxylation is 1. The summed E-state index contributed by atoms with van der Waals surface area (Å²) >= 11 is 0. The first-order chi connectivity index (χ1) is 11.5. The average Bonchev–Trinajstić information content (AvgIpc) is 2.60. The fourth-order valence-electron chi connectivity index (χ4n) is 2.27. The fourth-order valence-corrected chi connectivity index (χ4v) is 2.27. The van der Waals surface area contributed by atoms with Gasteiger partial charge in [-0.25, -0.2) is 4.39 Å². The first-order valence-corrected chi connectivity index (χ1v) is 7.67. The Hall–Kier alpha value is -2.69. The van der Waals surface area contributed by atoms with Crippen molar-refractivity contribution < 1.29 is 18.7 Å². The summed E-state index contributed by atoms with van der Waals surface area (Å²) in [7, 11) is 1.31. The van der Waals surface area contributed by atoms with Crippen molar-refractivity contribution in [3.05, 3.63) is 71.0 Å². The highest BCUT2D eigenvalue weighted by Gasteiger charge is 2.17. The second-order valence-corrected chi connectivity index (χ2v) is 5.55. The van der Waals surface area contributed by atoms with Crippen LogP contribution in [-0.4, -0.2) is 30.4 Å². The number of esters is 1. The van der Waals surface area contributed by atoms with Crippen molar-refractivity contribution >= 4 is 11.9 Å². The lowest BCUT2D eigenvalue weighted by molar-refractivity contribution is -0.140. The average molecular weight is 329 g/mol. The van der Waals surface area contributed by atoms with Gasteiger partial charge in [-0.1, -0.05) is 29.8 Å². The van der Waals surface area contributed by atoms with Crippen LogP contribution in [0.25, 0.3) is 0 Å². The number of ether oxygens (including phenoxy) is 1. The molecule has 4 nitrogen and oxygen atoms in total. The molecule has 0 radical (unpaired) electrons. The number of hydrogen-bond acceptors (Lipinski definition) is 3. The van der Waals surface area contributed by atoms with Crippen molar-refractivity contribution in [1.82, 2.24) is 4.90 Å². The zero-order valence-electron chi connectivity index (χ0n) is 13.8. The SMILES string of the molecule is COC(=O)CCN(Cc1ccc(F)cc1)C(=O)c1ccc(C)cc1. The molecule has 5 heteroatoms. The number of benzene rings is 2. The normalized spacial score (nSPS) is 10.3. The minimum absolute atomic E-state index is 0.106. The van der Waals surface area contributed by atoms with E-state index in [1.807, 2.05) is 19.1 Å². The molecule has 0 heterocycles. The third kappa shape index (κ3) is 4.91. The molecule has 2 aromatic rings. The Morgan fingerprint density at radius 3 is 2.25 bits per heavy atom. The van der Waals surface area contributed by atoms with Gasteiger partial charge in [0.15, 0.2) is 0 Å². The number of methoxy groups -OCH3 is 1. The van der Waals surface area contributed by atoms with E-state index in [2.05, 4.69) is 4.74 Å². The van der Waals surface area contributed by atoms with Crippen LogP contribution in [0.5, 0.6) is 0 Å². The van der Waals surface area contributed by atoms with Crippen LogP contribution in [0, 0.1) is 12.7 Å². The zero-order chi connectivity index (χ0) is 17.5. The standard InChI is InChI=1S/C19H20FNO3/c1-14-3-7-16(8-4-14)19(23)21(12-11-18(22)24-2)13-15-5-9-17(20)10-6-15/h3-10H,11-13H2,1-2H3. The van der Waals surface area contributed by atoms with Gasteiger partial charge in [0.05, 0.1) is 13.5 Å². The summed E-state index contributed by atoms with van der Waals surface area (Å²) in [5.41, 5.74) is 2.40. The molecule has 126 valence electrons. The molecule has 0 saturated heterocycles. The molecule has 0 aliphatic heterocycles. The molecular weight excluding hydrogens is 309 g/mol. The summed E-state index contributed by atoms with van der Waals surface area (Å²) < 4.78 is 17.7. The highest BCUT2D eigenvalue weighted by atomic mass is 19.1. The lowest BCUT2D eigenvalue weighted by Crippen LogP contribution is -2.32. The smallest absolute Gasteiger partial charge is 0.307 e. The number of amides is 1. The molecule has 0 aromatic heterocycles. The van der Waals surface area contributed by atoms with Crippen LogP contribution in [0.1, 0.15) is 27.9 Å². The van der Waals surface area contributed by atoms with Crippen molar-refractivity contribution in [1.29, 1.82) is 0 Å². The van der Waals surface area contributed by atoms with Gasteiger partial charge >= 0.3 is 5.97 Å². The molecule has 0 atom stereocenters. The van der Waals surface area contributed by atoms with Gasteiger partial charge in [0.25, 0.3) is 5.91 Å². The number of rotatable bonds is 6. The second kappa shape index (κ2) is 8.24. The summed E-state index contributed by atoms with van der Waals surface area (Å²) in [4.78, 5) is 25.7. The van der Waals surface area contributed by atoms with E-state index in [-0.39, 0.29) is 30.7 Å². The van der Waals surface area contributed by atoms with Crippen LogP contribution in [0.2, 0.25) is 0 Å². The van der Waals surface area contributed by atoms with E-state index in [9.17, 15) is 14.0 Å². The molecule has 0 aliphatic rings. The molecule has 0 N–H and O–H groups in total. The lowest BCUT2D eigenvalue weighted by Gasteiger charge is -2.22.